The number of aromatic carboxylic acids is 1. The summed E-state index contributed by atoms with van der Waals surface area (Å²) in [6, 6.07) is 6.42. The molecule has 1 aromatic carbocycles. The average molecular weight is 289 g/mol. The van der Waals surface area contributed by atoms with Crippen LogP contribution in [0.3, 0.4) is 0 Å². The van der Waals surface area contributed by atoms with Crippen LogP contribution >= 0.6 is 0 Å². The molecule has 0 radical (unpaired) electrons. The van der Waals surface area contributed by atoms with Crippen molar-refractivity contribution in [3.63, 3.8) is 0 Å². The molecule has 1 amide bonds. The van der Waals surface area contributed by atoms with Gasteiger partial charge in [0, 0.05) is 18.3 Å². The fourth-order valence-electron chi connectivity index (χ4n) is 1.75. The Bertz CT molecular complexity index is 704. The normalized spacial score (nSPS) is 10.2. The highest BCUT2D eigenvalue weighted by atomic mass is 19.1. The molecule has 0 fully saturated rings. The molecule has 2 rings (SSSR count). The summed E-state index contributed by atoms with van der Waals surface area (Å²) in [6.07, 6.45) is 1.40. The minimum absolute atomic E-state index is 0.154. The molecular formula is C14H12FN3O3. The summed E-state index contributed by atoms with van der Waals surface area (Å²) in [5, 5.41) is 11.3. The number of carbonyl (C=O) groups is 2. The quantitative estimate of drug-likeness (QED) is 0.793. The number of hydrogen-bond acceptors (Lipinski definition) is 4. The van der Waals surface area contributed by atoms with E-state index in [4.69, 9.17) is 10.8 Å². The Labute approximate surface area is 119 Å². The van der Waals surface area contributed by atoms with Crippen LogP contribution in [0.5, 0.6) is 0 Å². The van der Waals surface area contributed by atoms with E-state index < -0.39 is 17.7 Å². The van der Waals surface area contributed by atoms with Gasteiger partial charge in [-0.05, 0) is 24.3 Å². The topological polar surface area (TPSA) is 105 Å². The zero-order valence-corrected chi connectivity index (χ0v) is 10.8. The molecule has 7 heteroatoms. The lowest BCUT2D eigenvalue weighted by atomic mass is 10.1. The molecule has 0 spiro atoms. The van der Waals surface area contributed by atoms with Gasteiger partial charge in [-0.1, -0.05) is 6.07 Å². The van der Waals surface area contributed by atoms with E-state index in [0.29, 0.717) is 5.69 Å². The highest BCUT2D eigenvalue weighted by Crippen LogP contribution is 2.20. The fourth-order valence-corrected chi connectivity index (χ4v) is 1.75. The number of benzene rings is 1. The van der Waals surface area contributed by atoms with E-state index in [-0.39, 0.29) is 23.4 Å². The van der Waals surface area contributed by atoms with Crippen molar-refractivity contribution in [2.45, 2.75) is 6.54 Å². The molecule has 0 saturated carbocycles. The largest absolute Gasteiger partial charge is 0.478 e. The van der Waals surface area contributed by atoms with Gasteiger partial charge in [-0.3, -0.25) is 9.78 Å². The van der Waals surface area contributed by atoms with Gasteiger partial charge in [0.1, 0.15) is 5.82 Å². The average Bonchev–Trinajstić information content (AvgIpc) is 2.49. The number of carboxylic acids is 1. The molecule has 0 bridgehead atoms. The van der Waals surface area contributed by atoms with Crippen LogP contribution in [0.25, 0.3) is 0 Å². The summed E-state index contributed by atoms with van der Waals surface area (Å²) in [5.41, 5.74) is 5.44. The van der Waals surface area contributed by atoms with Gasteiger partial charge in [0.05, 0.1) is 16.9 Å². The molecule has 4 N–H and O–H groups in total. The molecule has 21 heavy (non-hydrogen) atoms. The zero-order chi connectivity index (χ0) is 15.4. The zero-order valence-electron chi connectivity index (χ0n) is 10.8. The standard InChI is InChI=1S/C14H12FN3O3/c15-11-3-1-2-10(14(20)21)12(11)18-13(19)8-4-5-17-9(6-8)7-16/h1-6H,7,16H2,(H,18,19)(H,20,21). The summed E-state index contributed by atoms with van der Waals surface area (Å²) >= 11 is 0. The SMILES string of the molecule is NCc1cc(C(=O)Nc2c(F)cccc2C(=O)O)ccn1. The van der Waals surface area contributed by atoms with E-state index in [0.717, 1.165) is 6.07 Å². The Hall–Kier alpha value is -2.80. The van der Waals surface area contributed by atoms with Crippen molar-refractivity contribution in [1.82, 2.24) is 4.98 Å². The smallest absolute Gasteiger partial charge is 0.337 e. The Balaban J connectivity index is 2.33. The van der Waals surface area contributed by atoms with Gasteiger partial charge in [0.25, 0.3) is 5.91 Å². The van der Waals surface area contributed by atoms with Crippen LogP contribution in [-0.4, -0.2) is 22.0 Å². The van der Waals surface area contributed by atoms with Crippen LogP contribution in [0.4, 0.5) is 10.1 Å². The number of carboxylic acid groups (broad SMARTS) is 1. The molecule has 0 saturated heterocycles. The Morgan fingerprint density at radius 2 is 2.10 bits per heavy atom. The lowest BCUT2D eigenvalue weighted by molar-refractivity contribution is 0.0697. The first kappa shape index (κ1) is 14.6. The third-order valence-corrected chi connectivity index (χ3v) is 2.77. The van der Waals surface area contributed by atoms with E-state index in [9.17, 15) is 14.0 Å². The number of para-hydroxylation sites is 1. The summed E-state index contributed by atoms with van der Waals surface area (Å²) in [5.74, 6) is -2.79. The van der Waals surface area contributed by atoms with Crippen molar-refractivity contribution in [3.8, 4) is 0 Å². The molecule has 0 atom stereocenters. The second kappa shape index (κ2) is 6.10. The molecule has 1 heterocycles. The molecular weight excluding hydrogens is 277 g/mol. The fraction of sp³-hybridized carbons (Fsp3) is 0.0714. The molecule has 2 aromatic rings. The molecule has 0 aliphatic heterocycles. The number of nitrogens with one attached hydrogen (secondary N) is 1. The third-order valence-electron chi connectivity index (χ3n) is 2.77. The molecule has 108 valence electrons. The molecule has 6 nitrogen and oxygen atoms in total. The second-order valence-electron chi connectivity index (χ2n) is 4.16. The van der Waals surface area contributed by atoms with Crippen LogP contribution in [0.1, 0.15) is 26.4 Å². The van der Waals surface area contributed by atoms with Crippen molar-refractivity contribution in [3.05, 3.63) is 59.2 Å². The monoisotopic (exact) mass is 289 g/mol. The maximum atomic E-state index is 13.7. The maximum absolute atomic E-state index is 13.7. The van der Waals surface area contributed by atoms with Crippen LogP contribution in [0, 0.1) is 5.82 Å². The van der Waals surface area contributed by atoms with Crippen molar-refractivity contribution < 1.29 is 19.1 Å². The van der Waals surface area contributed by atoms with Gasteiger partial charge >= 0.3 is 5.97 Å². The van der Waals surface area contributed by atoms with E-state index in [2.05, 4.69) is 10.3 Å². The number of anilines is 1. The lowest BCUT2D eigenvalue weighted by Crippen LogP contribution is -2.17. The van der Waals surface area contributed by atoms with Crippen LogP contribution in [0.15, 0.2) is 36.5 Å². The van der Waals surface area contributed by atoms with Crippen molar-refractivity contribution in [2.24, 2.45) is 5.73 Å². The molecule has 0 aliphatic rings. The second-order valence-corrected chi connectivity index (χ2v) is 4.16. The number of pyridine rings is 1. The Kier molecular flexibility index (Phi) is 4.24. The number of nitrogens with zero attached hydrogens (tertiary/aromatic N) is 1. The van der Waals surface area contributed by atoms with Crippen LogP contribution < -0.4 is 11.1 Å². The summed E-state index contributed by atoms with van der Waals surface area (Å²) in [7, 11) is 0. The molecule has 0 aliphatic carbocycles. The van der Waals surface area contributed by atoms with Gasteiger partial charge < -0.3 is 16.2 Å². The van der Waals surface area contributed by atoms with Gasteiger partial charge in [-0.15, -0.1) is 0 Å². The van der Waals surface area contributed by atoms with Gasteiger partial charge in [0.15, 0.2) is 0 Å². The maximum Gasteiger partial charge on any atom is 0.337 e. The number of nitrogens with two attached hydrogens (primary N) is 1. The third kappa shape index (κ3) is 3.21. The summed E-state index contributed by atoms with van der Waals surface area (Å²) in [4.78, 5) is 27.1. The number of carbonyl (C=O) groups excluding carboxylic acids is 1. The number of amides is 1. The summed E-state index contributed by atoms with van der Waals surface area (Å²) < 4.78 is 13.7. The van der Waals surface area contributed by atoms with E-state index in [1.165, 1.54) is 30.5 Å². The molecule has 1 aromatic heterocycles. The number of rotatable bonds is 4. The van der Waals surface area contributed by atoms with Gasteiger partial charge in [-0.2, -0.15) is 0 Å². The Morgan fingerprint density at radius 1 is 1.33 bits per heavy atom. The number of halogens is 1. The van der Waals surface area contributed by atoms with Crippen molar-refractivity contribution in [2.75, 3.05) is 5.32 Å². The molecule has 0 unspecified atom stereocenters. The van der Waals surface area contributed by atoms with Crippen molar-refractivity contribution >= 4 is 17.6 Å². The van der Waals surface area contributed by atoms with E-state index in [1.807, 2.05) is 0 Å². The lowest BCUT2D eigenvalue weighted by Gasteiger charge is -2.10. The van der Waals surface area contributed by atoms with E-state index in [1.54, 1.807) is 0 Å². The minimum Gasteiger partial charge on any atom is -0.478 e. The Morgan fingerprint density at radius 3 is 2.76 bits per heavy atom. The van der Waals surface area contributed by atoms with Crippen LogP contribution in [-0.2, 0) is 6.54 Å². The predicted molar refractivity (Wildman–Crippen MR) is 73.4 cm³/mol. The minimum atomic E-state index is -1.33. The van der Waals surface area contributed by atoms with Crippen LogP contribution in [0.2, 0.25) is 0 Å². The predicted octanol–water partition coefficient (Wildman–Crippen LogP) is 1.63. The van der Waals surface area contributed by atoms with E-state index >= 15 is 0 Å². The number of hydrogen-bond donors (Lipinski definition) is 3. The summed E-state index contributed by atoms with van der Waals surface area (Å²) in [6.45, 7) is 0.154. The first-order valence-corrected chi connectivity index (χ1v) is 6.01. The van der Waals surface area contributed by atoms with Gasteiger partial charge in [0.2, 0.25) is 0 Å². The highest BCUT2D eigenvalue weighted by Gasteiger charge is 2.17. The first-order chi connectivity index (χ1) is 10.0. The first-order valence-electron chi connectivity index (χ1n) is 6.01. The highest BCUT2D eigenvalue weighted by molar-refractivity contribution is 6.07. The van der Waals surface area contributed by atoms with Gasteiger partial charge in [-0.25, -0.2) is 9.18 Å². The van der Waals surface area contributed by atoms with Crippen molar-refractivity contribution in [1.29, 1.82) is 0 Å². The number of aromatic nitrogens is 1.